The van der Waals surface area contributed by atoms with Crippen molar-refractivity contribution in [2.45, 2.75) is 19.2 Å². The molecule has 29 heavy (non-hydrogen) atoms. The number of hydrogen-bond donors (Lipinski definition) is 2. The van der Waals surface area contributed by atoms with Crippen LogP contribution in [-0.4, -0.2) is 43.3 Å². The molecule has 2 aromatic rings. The average Bonchev–Trinajstić information content (AvgIpc) is 2.67. The summed E-state index contributed by atoms with van der Waals surface area (Å²) in [6.45, 7) is 3.64. The molecule has 0 bridgehead atoms. The van der Waals surface area contributed by atoms with Crippen molar-refractivity contribution in [3.63, 3.8) is 0 Å². The second-order valence-electron chi connectivity index (χ2n) is 6.82. The van der Waals surface area contributed by atoms with Crippen molar-refractivity contribution in [1.29, 1.82) is 0 Å². The summed E-state index contributed by atoms with van der Waals surface area (Å²) in [7, 11) is 0. The fraction of sp³-hybridized carbons (Fsp3) is 0.350. The molecule has 2 N–H and O–H groups in total. The third kappa shape index (κ3) is 7.21. The molecule has 0 aromatic heterocycles. The zero-order valence-corrected chi connectivity index (χ0v) is 18.6. The molecule has 1 atom stereocenters. The van der Waals surface area contributed by atoms with E-state index in [0.29, 0.717) is 46.3 Å². The summed E-state index contributed by atoms with van der Waals surface area (Å²) in [4.78, 5) is 14.4. The summed E-state index contributed by atoms with van der Waals surface area (Å²) in [5.41, 5.74) is 1.92. The van der Waals surface area contributed by atoms with Crippen molar-refractivity contribution in [3.05, 3.63) is 67.6 Å². The number of carbonyl (C=O) groups excluding carboxylic acids is 1. The lowest BCUT2D eigenvalue weighted by Crippen LogP contribution is -2.48. The van der Waals surface area contributed by atoms with E-state index < -0.39 is 0 Å². The molecule has 1 heterocycles. The Balaban J connectivity index is 1.42. The minimum atomic E-state index is -0.272. The van der Waals surface area contributed by atoms with Crippen LogP contribution in [0.4, 0.5) is 4.79 Å². The molecule has 1 aliphatic heterocycles. The number of hydrogen-bond acceptors (Lipinski definition) is 3. The maximum Gasteiger partial charge on any atom is 0.315 e. The Bertz CT molecular complexity index is 845. The number of amides is 2. The van der Waals surface area contributed by atoms with Crippen LogP contribution in [0.25, 0.3) is 0 Å². The molecular weight excluding hydrogens is 456 g/mol. The molecule has 1 fully saturated rings. The fourth-order valence-corrected chi connectivity index (χ4v) is 4.00. The van der Waals surface area contributed by atoms with E-state index in [9.17, 15) is 4.79 Å². The highest BCUT2D eigenvalue weighted by Crippen LogP contribution is 2.23. The maximum absolute atomic E-state index is 12.1. The first-order chi connectivity index (χ1) is 13.9. The van der Waals surface area contributed by atoms with Crippen LogP contribution in [0.15, 0.2) is 36.4 Å². The molecule has 5 nitrogen and oxygen atoms in total. The predicted molar refractivity (Wildman–Crippen MR) is 118 cm³/mol. The van der Waals surface area contributed by atoms with Gasteiger partial charge in [0.1, 0.15) is 0 Å². The summed E-state index contributed by atoms with van der Waals surface area (Å²) >= 11 is 24.0. The van der Waals surface area contributed by atoms with E-state index >= 15 is 0 Å². The maximum atomic E-state index is 12.1. The molecule has 1 saturated heterocycles. The molecule has 1 aliphatic rings. The number of rotatable bonds is 6. The SMILES string of the molecule is O=C(NCc1cc(Cl)cc(Cl)c1)NCC1CN(Cc2ccc(Cl)c(Cl)c2)CCO1. The van der Waals surface area contributed by atoms with E-state index in [1.165, 1.54) is 0 Å². The number of ether oxygens (including phenoxy) is 1. The second-order valence-corrected chi connectivity index (χ2v) is 8.50. The first-order valence-electron chi connectivity index (χ1n) is 9.13. The summed E-state index contributed by atoms with van der Waals surface area (Å²) in [6.07, 6.45) is -0.0853. The van der Waals surface area contributed by atoms with Gasteiger partial charge in [-0.15, -0.1) is 0 Å². The van der Waals surface area contributed by atoms with Crippen molar-refractivity contribution in [2.24, 2.45) is 0 Å². The monoisotopic (exact) mass is 475 g/mol. The third-order valence-electron chi connectivity index (χ3n) is 4.48. The Labute approximate surface area is 190 Å². The zero-order chi connectivity index (χ0) is 20.8. The first-order valence-corrected chi connectivity index (χ1v) is 10.6. The van der Waals surface area contributed by atoms with Crippen molar-refractivity contribution in [3.8, 4) is 0 Å². The van der Waals surface area contributed by atoms with E-state index in [1.54, 1.807) is 24.3 Å². The molecule has 0 radical (unpaired) electrons. The van der Waals surface area contributed by atoms with Crippen LogP contribution in [-0.2, 0) is 17.8 Å². The van der Waals surface area contributed by atoms with E-state index in [2.05, 4.69) is 15.5 Å². The van der Waals surface area contributed by atoms with Crippen molar-refractivity contribution in [1.82, 2.24) is 15.5 Å². The van der Waals surface area contributed by atoms with E-state index in [4.69, 9.17) is 51.1 Å². The highest BCUT2D eigenvalue weighted by Gasteiger charge is 2.21. The number of morpholine rings is 1. The Morgan fingerprint density at radius 2 is 1.76 bits per heavy atom. The molecule has 2 aromatic carbocycles. The highest BCUT2D eigenvalue weighted by molar-refractivity contribution is 6.42. The number of urea groups is 1. The number of nitrogens with one attached hydrogen (secondary N) is 2. The van der Waals surface area contributed by atoms with Crippen LogP contribution in [0, 0.1) is 0 Å². The van der Waals surface area contributed by atoms with Crippen LogP contribution in [0.2, 0.25) is 20.1 Å². The minimum Gasteiger partial charge on any atom is -0.374 e. The number of halogens is 4. The van der Waals surface area contributed by atoms with Crippen LogP contribution in [0.5, 0.6) is 0 Å². The standard InChI is InChI=1S/C20H21Cl4N3O2/c21-15-5-14(6-16(22)8-15)9-25-20(28)26-10-17-12-27(3-4-29-17)11-13-1-2-18(23)19(24)7-13/h1-2,5-8,17H,3-4,9-12H2,(H2,25,26,28). The van der Waals surface area contributed by atoms with Crippen LogP contribution in [0.3, 0.4) is 0 Å². The lowest BCUT2D eigenvalue weighted by Gasteiger charge is -2.33. The largest absolute Gasteiger partial charge is 0.374 e. The topological polar surface area (TPSA) is 53.6 Å². The van der Waals surface area contributed by atoms with Crippen molar-refractivity contribution < 1.29 is 9.53 Å². The van der Waals surface area contributed by atoms with Crippen molar-refractivity contribution in [2.75, 3.05) is 26.2 Å². The van der Waals surface area contributed by atoms with Crippen molar-refractivity contribution >= 4 is 52.4 Å². The number of nitrogens with zero attached hydrogens (tertiary/aromatic N) is 1. The predicted octanol–water partition coefficient (Wildman–Crippen LogP) is 5.00. The van der Waals surface area contributed by atoms with Gasteiger partial charge in [0.15, 0.2) is 0 Å². The minimum absolute atomic E-state index is 0.0853. The fourth-order valence-electron chi connectivity index (χ4n) is 3.11. The third-order valence-corrected chi connectivity index (χ3v) is 5.65. The van der Waals surface area contributed by atoms with Crippen LogP contribution in [0.1, 0.15) is 11.1 Å². The Morgan fingerprint density at radius 3 is 2.48 bits per heavy atom. The number of benzene rings is 2. The second kappa shape index (κ2) is 10.7. The normalized spacial score (nSPS) is 17.2. The molecular formula is C20H21Cl4N3O2. The number of carbonyl (C=O) groups is 1. The van der Waals surface area contributed by atoms with Gasteiger partial charge >= 0.3 is 6.03 Å². The molecule has 9 heteroatoms. The van der Waals surface area contributed by atoms with Gasteiger partial charge in [-0.1, -0.05) is 52.5 Å². The van der Waals surface area contributed by atoms with Gasteiger partial charge in [-0.2, -0.15) is 0 Å². The molecule has 0 aliphatic carbocycles. The summed E-state index contributed by atoms with van der Waals surface area (Å²) in [5.74, 6) is 0. The van der Waals surface area contributed by atoms with Crippen LogP contribution >= 0.6 is 46.4 Å². The zero-order valence-electron chi connectivity index (χ0n) is 15.6. The summed E-state index contributed by atoms with van der Waals surface area (Å²) in [5, 5.41) is 7.80. The van der Waals surface area contributed by atoms with E-state index in [-0.39, 0.29) is 12.1 Å². The molecule has 156 valence electrons. The van der Waals surface area contributed by atoms with Gasteiger partial charge in [0, 0.05) is 42.8 Å². The van der Waals surface area contributed by atoms with Gasteiger partial charge in [0.05, 0.1) is 22.8 Å². The van der Waals surface area contributed by atoms with Gasteiger partial charge in [-0.05, 0) is 41.5 Å². The lowest BCUT2D eigenvalue weighted by molar-refractivity contribution is -0.0287. The summed E-state index contributed by atoms with van der Waals surface area (Å²) < 4.78 is 5.77. The molecule has 3 rings (SSSR count). The van der Waals surface area contributed by atoms with Crippen LogP contribution < -0.4 is 10.6 Å². The highest BCUT2D eigenvalue weighted by atomic mass is 35.5. The molecule has 0 spiro atoms. The van der Waals surface area contributed by atoms with Gasteiger partial charge in [0.25, 0.3) is 0 Å². The summed E-state index contributed by atoms with van der Waals surface area (Å²) in [6, 6.07) is 10.5. The van der Waals surface area contributed by atoms with Gasteiger partial charge in [-0.3, -0.25) is 4.90 Å². The Hall–Kier alpha value is -1.21. The average molecular weight is 477 g/mol. The van der Waals surface area contributed by atoms with E-state index in [0.717, 1.165) is 24.2 Å². The first kappa shape index (κ1) is 22.5. The lowest BCUT2D eigenvalue weighted by atomic mass is 10.2. The quantitative estimate of drug-likeness (QED) is 0.616. The molecule has 1 unspecified atom stereocenters. The van der Waals surface area contributed by atoms with Gasteiger partial charge in [0.2, 0.25) is 0 Å². The van der Waals surface area contributed by atoms with Gasteiger partial charge < -0.3 is 15.4 Å². The molecule has 2 amide bonds. The smallest absolute Gasteiger partial charge is 0.315 e. The van der Waals surface area contributed by atoms with E-state index in [1.807, 2.05) is 12.1 Å². The Morgan fingerprint density at radius 1 is 1.00 bits per heavy atom. The Kier molecular flexibility index (Phi) is 8.30. The molecule has 0 saturated carbocycles. The van der Waals surface area contributed by atoms with Gasteiger partial charge in [-0.25, -0.2) is 4.79 Å².